The summed E-state index contributed by atoms with van der Waals surface area (Å²) in [5, 5.41) is 14.2. The Morgan fingerprint density at radius 3 is 2.47 bits per heavy atom. The molecule has 38 heavy (non-hydrogen) atoms. The van der Waals surface area contributed by atoms with E-state index < -0.39 is 36.1 Å². The average Bonchev–Trinajstić information content (AvgIpc) is 2.88. The highest BCUT2D eigenvalue weighted by Gasteiger charge is 2.32. The number of nitrogens with zero attached hydrogens (tertiary/aromatic N) is 2. The van der Waals surface area contributed by atoms with Crippen molar-refractivity contribution < 1.29 is 32.4 Å². The molecule has 0 saturated carbocycles. The number of aryl methyl sites for hydroxylation is 1. The summed E-state index contributed by atoms with van der Waals surface area (Å²) in [6.07, 6.45) is -3.39. The third-order valence-electron chi connectivity index (χ3n) is 5.20. The lowest BCUT2D eigenvalue weighted by Gasteiger charge is -2.17. The number of halogens is 4. The van der Waals surface area contributed by atoms with Gasteiger partial charge in [0, 0.05) is 24.4 Å². The van der Waals surface area contributed by atoms with Gasteiger partial charge in [0.2, 0.25) is 5.91 Å². The second kappa shape index (κ2) is 11.7. The van der Waals surface area contributed by atoms with Gasteiger partial charge in [0.15, 0.2) is 6.61 Å². The number of amides is 3. The third kappa shape index (κ3) is 6.44. The van der Waals surface area contributed by atoms with E-state index in [1.165, 1.54) is 44.4 Å². The molecule has 1 heterocycles. The van der Waals surface area contributed by atoms with Crippen LogP contribution in [-0.2, 0) is 15.8 Å². The first-order chi connectivity index (χ1) is 18.0. The molecule has 0 aliphatic rings. The topological polar surface area (TPSA) is 133 Å². The van der Waals surface area contributed by atoms with Crippen molar-refractivity contribution in [3.8, 4) is 17.3 Å². The van der Waals surface area contributed by atoms with Crippen LogP contribution in [0.25, 0.3) is 11.3 Å². The van der Waals surface area contributed by atoms with E-state index in [1.54, 1.807) is 0 Å². The zero-order valence-corrected chi connectivity index (χ0v) is 20.6. The number of pyridine rings is 1. The molecule has 0 saturated heterocycles. The van der Waals surface area contributed by atoms with Crippen molar-refractivity contribution in [2.75, 3.05) is 19.0 Å². The summed E-state index contributed by atoms with van der Waals surface area (Å²) < 4.78 is 40.3. The van der Waals surface area contributed by atoms with Crippen molar-refractivity contribution in [2.45, 2.75) is 13.1 Å². The van der Waals surface area contributed by atoms with E-state index in [2.05, 4.69) is 21.1 Å². The van der Waals surface area contributed by atoms with Gasteiger partial charge >= 0.3 is 6.18 Å². The molecular weight excluding hydrogens is 527 g/mol. The number of carbonyl (C=O) groups is 3. The molecule has 3 amide bonds. The maximum absolute atomic E-state index is 13.4. The minimum Gasteiger partial charge on any atom is -0.357 e. The fourth-order valence-corrected chi connectivity index (χ4v) is 3.59. The van der Waals surface area contributed by atoms with Crippen LogP contribution in [0.2, 0.25) is 5.02 Å². The number of benzene rings is 2. The van der Waals surface area contributed by atoms with Crippen LogP contribution in [0.3, 0.4) is 0 Å². The number of likely N-dealkylation sites (N-methyl/N-ethyl adjacent to an activating group) is 1. The molecule has 13 heteroatoms. The summed E-state index contributed by atoms with van der Waals surface area (Å²) in [5.74, 6) is -2.28. The molecule has 1 aromatic heterocycles. The number of hydroxylamine groups is 1. The molecular formula is C25H19ClF3N5O4. The van der Waals surface area contributed by atoms with Crippen molar-refractivity contribution in [3.05, 3.63) is 81.5 Å². The van der Waals surface area contributed by atoms with E-state index in [0.717, 1.165) is 18.2 Å². The van der Waals surface area contributed by atoms with Crippen LogP contribution in [0.15, 0.2) is 48.7 Å². The number of aromatic nitrogens is 1. The van der Waals surface area contributed by atoms with Crippen molar-refractivity contribution in [1.29, 1.82) is 5.26 Å². The smallest absolute Gasteiger partial charge is 0.357 e. The third-order valence-corrected chi connectivity index (χ3v) is 5.50. The van der Waals surface area contributed by atoms with E-state index in [1.807, 2.05) is 6.07 Å². The molecule has 0 fully saturated rings. The number of hydrogen-bond acceptors (Lipinski definition) is 6. The van der Waals surface area contributed by atoms with Crippen molar-refractivity contribution in [2.24, 2.45) is 0 Å². The van der Waals surface area contributed by atoms with E-state index in [4.69, 9.17) is 16.4 Å². The monoisotopic (exact) mass is 545 g/mol. The second-order valence-electron chi connectivity index (χ2n) is 7.77. The second-order valence-corrected chi connectivity index (χ2v) is 8.17. The molecule has 9 nitrogen and oxygen atoms in total. The van der Waals surface area contributed by atoms with Gasteiger partial charge in [0.05, 0.1) is 39.2 Å². The zero-order valence-electron chi connectivity index (χ0n) is 19.9. The fourth-order valence-electron chi connectivity index (χ4n) is 3.37. The summed E-state index contributed by atoms with van der Waals surface area (Å²) in [6, 6.07) is 9.85. The normalized spacial score (nSPS) is 10.9. The molecule has 0 atom stereocenters. The van der Waals surface area contributed by atoms with Gasteiger partial charge in [-0.05, 0) is 55.0 Å². The molecule has 0 radical (unpaired) electrons. The lowest BCUT2D eigenvalue weighted by Crippen LogP contribution is -2.31. The van der Waals surface area contributed by atoms with E-state index >= 15 is 0 Å². The predicted octanol–water partition coefficient (Wildman–Crippen LogP) is 4.26. The Kier molecular flexibility index (Phi) is 8.67. The molecule has 3 rings (SSSR count). The van der Waals surface area contributed by atoms with Crippen LogP contribution < -0.4 is 16.1 Å². The van der Waals surface area contributed by atoms with Crippen LogP contribution in [0.4, 0.5) is 18.9 Å². The van der Waals surface area contributed by atoms with Gasteiger partial charge in [-0.25, -0.2) is 5.48 Å². The highest BCUT2D eigenvalue weighted by Crippen LogP contribution is 2.36. The van der Waals surface area contributed by atoms with Crippen molar-refractivity contribution in [1.82, 2.24) is 15.8 Å². The highest BCUT2D eigenvalue weighted by molar-refractivity contribution is 6.33. The number of rotatable bonds is 7. The summed E-state index contributed by atoms with van der Waals surface area (Å²) >= 11 is 6.17. The molecule has 0 aliphatic carbocycles. The average molecular weight is 546 g/mol. The first kappa shape index (κ1) is 28.1. The summed E-state index contributed by atoms with van der Waals surface area (Å²) in [6.45, 7) is 1.02. The Hall–Kier alpha value is -4.47. The lowest BCUT2D eigenvalue weighted by atomic mass is 9.98. The number of carbonyl (C=O) groups excluding carboxylic acids is 3. The Balaban J connectivity index is 2.05. The number of nitriles is 1. The number of nitrogens with one attached hydrogen (secondary N) is 3. The molecule has 3 N–H and O–H groups in total. The number of alkyl halides is 3. The predicted molar refractivity (Wildman–Crippen MR) is 131 cm³/mol. The molecule has 2 aromatic carbocycles. The SMILES string of the molecule is CNC(=O)CONC(=O)c1cc(C#N)cc(C)c1NC(=O)c1ccc(C(F)(F)F)cc1-c1ncccc1Cl. The minimum atomic E-state index is -4.70. The van der Waals surface area contributed by atoms with Gasteiger partial charge in [-0.3, -0.25) is 24.2 Å². The molecule has 0 unspecified atom stereocenters. The maximum Gasteiger partial charge on any atom is 0.416 e. The lowest BCUT2D eigenvalue weighted by molar-refractivity contribution is -0.137. The first-order valence-electron chi connectivity index (χ1n) is 10.8. The molecule has 0 spiro atoms. The highest BCUT2D eigenvalue weighted by atomic mass is 35.5. The molecule has 0 aliphatic heterocycles. The fraction of sp³-hybridized carbons (Fsp3) is 0.160. The largest absolute Gasteiger partial charge is 0.416 e. The van der Waals surface area contributed by atoms with Gasteiger partial charge in [-0.2, -0.15) is 18.4 Å². The summed E-state index contributed by atoms with van der Waals surface area (Å²) in [5.41, 5.74) is 0.765. The Labute approximate surface area is 219 Å². The number of anilines is 1. The van der Waals surface area contributed by atoms with Crippen LogP contribution in [0.5, 0.6) is 0 Å². The van der Waals surface area contributed by atoms with E-state index in [0.29, 0.717) is 5.56 Å². The van der Waals surface area contributed by atoms with Crippen LogP contribution in [0.1, 0.15) is 37.4 Å². The van der Waals surface area contributed by atoms with Gasteiger partial charge < -0.3 is 10.6 Å². The van der Waals surface area contributed by atoms with Crippen molar-refractivity contribution >= 4 is 35.0 Å². The van der Waals surface area contributed by atoms with Crippen molar-refractivity contribution in [3.63, 3.8) is 0 Å². The van der Waals surface area contributed by atoms with Crippen LogP contribution in [0, 0.1) is 18.3 Å². The standard InChI is InChI=1S/C25H19ClF3N5O4/c1-13-8-14(11-30)9-18(24(37)34-38-12-20(35)31-2)21(13)33-23(36)16-6-5-15(25(27,28)29)10-17(16)22-19(26)4-3-7-32-22/h3-10H,12H2,1-2H3,(H,31,35)(H,33,36)(H,34,37). The first-order valence-corrected chi connectivity index (χ1v) is 11.1. The summed E-state index contributed by atoms with van der Waals surface area (Å²) in [7, 11) is 1.37. The quantitative estimate of drug-likeness (QED) is 0.380. The van der Waals surface area contributed by atoms with E-state index in [-0.39, 0.29) is 38.7 Å². The maximum atomic E-state index is 13.4. The Bertz CT molecular complexity index is 1450. The zero-order chi connectivity index (χ0) is 28.0. The van der Waals surface area contributed by atoms with Gasteiger partial charge in [-0.1, -0.05) is 11.6 Å². The van der Waals surface area contributed by atoms with E-state index in [9.17, 15) is 32.8 Å². The Morgan fingerprint density at radius 2 is 1.84 bits per heavy atom. The summed E-state index contributed by atoms with van der Waals surface area (Å²) in [4.78, 5) is 46.4. The van der Waals surface area contributed by atoms with Gasteiger partial charge in [0.1, 0.15) is 0 Å². The Morgan fingerprint density at radius 1 is 1.11 bits per heavy atom. The molecule has 0 bridgehead atoms. The van der Waals surface area contributed by atoms with Gasteiger partial charge in [0.25, 0.3) is 11.8 Å². The number of hydrogen-bond donors (Lipinski definition) is 3. The van der Waals surface area contributed by atoms with Crippen LogP contribution >= 0.6 is 11.6 Å². The molecule has 196 valence electrons. The minimum absolute atomic E-state index is 0.0174. The van der Waals surface area contributed by atoms with Gasteiger partial charge in [-0.15, -0.1) is 0 Å². The van der Waals surface area contributed by atoms with Crippen LogP contribution in [-0.4, -0.2) is 36.4 Å². The molecule has 3 aromatic rings.